The minimum Gasteiger partial charge on any atom is -0.507 e. The van der Waals surface area contributed by atoms with Gasteiger partial charge in [0.05, 0.1) is 24.3 Å². The highest BCUT2D eigenvalue weighted by Gasteiger charge is 2.32. The number of carboxylic acids is 1. The number of nitrogens with zero attached hydrogens (tertiary/aromatic N) is 2. The lowest BCUT2D eigenvalue weighted by molar-refractivity contribution is -0.121. The van der Waals surface area contributed by atoms with Crippen molar-refractivity contribution in [1.82, 2.24) is 4.90 Å². The third-order valence-corrected chi connectivity index (χ3v) is 5.43. The predicted molar refractivity (Wildman–Crippen MR) is 124 cm³/mol. The average molecular weight is 455 g/mol. The number of aliphatic imine (C=N–C) groups is 1. The first-order valence-electron chi connectivity index (χ1n) is 9.66. The Morgan fingerprint density at radius 2 is 2.03 bits per heavy atom. The number of amidine groups is 1. The number of carbonyl (C=O) groups excluding carboxylic acids is 1. The molecule has 0 aromatic heterocycles. The fourth-order valence-corrected chi connectivity index (χ4v) is 3.97. The second-order valence-corrected chi connectivity index (χ2v) is 7.57. The molecule has 1 fully saturated rings. The second-order valence-electron chi connectivity index (χ2n) is 6.56. The number of rotatable bonds is 8. The van der Waals surface area contributed by atoms with Crippen LogP contribution in [0.25, 0.3) is 6.08 Å². The molecule has 0 radical (unpaired) electrons. The third kappa shape index (κ3) is 4.94. The molecule has 8 nitrogen and oxygen atoms in total. The zero-order valence-corrected chi connectivity index (χ0v) is 18.4. The first kappa shape index (κ1) is 23.0. The molecular formula is C23H22N2O6S. The number of aromatic carboxylic acids is 1. The van der Waals surface area contributed by atoms with E-state index in [1.54, 1.807) is 31.4 Å². The van der Waals surface area contributed by atoms with Crippen LogP contribution in [0.5, 0.6) is 17.2 Å². The molecule has 1 aliphatic rings. The number of phenols is 1. The van der Waals surface area contributed by atoms with Gasteiger partial charge >= 0.3 is 5.97 Å². The van der Waals surface area contributed by atoms with Crippen molar-refractivity contribution in [3.05, 3.63) is 65.1 Å². The van der Waals surface area contributed by atoms with Gasteiger partial charge < -0.3 is 19.7 Å². The minimum absolute atomic E-state index is 0.225. The van der Waals surface area contributed by atoms with Crippen LogP contribution in [0, 0.1) is 0 Å². The Morgan fingerprint density at radius 3 is 2.66 bits per heavy atom. The number of hydrogen-bond acceptors (Lipinski definition) is 7. The third-order valence-electron chi connectivity index (χ3n) is 4.42. The van der Waals surface area contributed by atoms with Gasteiger partial charge in [-0.15, -0.1) is 6.58 Å². The number of carboxylic acid groups (broad SMARTS) is 1. The van der Waals surface area contributed by atoms with Gasteiger partial charge in [0.2, 0.25) is 0 Å². The molecule has 32 heavy (non-hydrogen) atoms. The van der Waals surface area contributed by atoms with Crippen molar-refractivity contribution in [1.29, 1.82) is 0 Å². The SMILES string of the molecule is C=CCN1C(=O)/C(=C/c2ccc(OCC)c(OC)c2)SC1=Nc1ccc(C(=O)O)c(O)c1. The number of thioether (sulfide) groups is 1. The standard InChI is InChI=1S/C23H22N2O6S/c1-4-10-25-21(27)20(12-14-6-9-18(31-5-2)19(11-14)30-3)32-23(25)24-15-7-8-16(22(28)29)17(26)13-15/h4,6-9,11-13,26H,1,5,10H2,2-3H3,(H,28,29)/b20-12-,24-23?. The predicted octanol–water partition coefficient (Wildman–Crippen LogP) is 4.29. The fraction of sp³-hybridized carbons (Fsp3) is 0.174. The number of carbonyl (C=O) groups is 2. The summed E-state index contributed by atoms with van der Waals surface area (Å²) in [6.45, 7) is 6.32. The lowest BCUT2D eigenvalue weighted by Crippen LogP contribution is -2.29. The molecule has 1 aliphatic heterocycles. The van der Waals surface area contributed by atoms with E-state index in [2.05, 4.69) is 11.6 Å². The fourth-order valence-electron chi connectivity index (χ4n) is 2.96. The molecule has 2 aromatic rings. The van der Waals surface area contributed by atoms with Gasteiger partial charge in [0, 0.05) is 12.6 Å². The second kappa shape index (κ2) is 10.1. The number of aromatic hydroxyl groups is 1. The van der Waals surface area contributed by atoms with E-state index in [1.807, 2.05) is 13.0 Å². The summed E-state index contributed by atoms with van der Waals surface area (Å²) in [5, 5.41) is 19.4. The maximum atomic E-state index is 13.0. The molecule has 1 heterocycles. The summed E-state index contributed by atoms with van der Waals surface area (Å²) in [6, 6.07) is 9.35. The van der Waals surface area contributed by atoms with E-state index < -0.39 is 11.7 Å². The van der Waals surface area contributed by atoms with E-state index >= 15 is 0 Å². The maximum Gasteiger partial charge on any atom is 0.339 e. The van der Waals surface area contributed by atoms with Gasteiger partial charge in [0.25, 0.3) is 5.91 Å². The van der Waals surface area contributed by atoms with Crippen molar-refractivity contribution < 1.29 is 29.3 Å². The molecule has 0 atom stereocenters. The summed E-state index contributed by atoms with van der Waals surface area (Å²) >= 11 is 1.17. The van der Waals surface area contributed by atoms with E-state index in [0.29, 0.717) is 33.9 Å². The van der Waals surface area contributed by atoms with Crippen LogP contribution in [0.15, 0.2) is 59.0 Å². The number of benzene rings is 2. The molecule has 3 rings (SSSR count). The monoisotopic (exact) mass is 454 g/mol. The summed E-state index contributed by atoms with van der Waals surface area (Å²) in [4.78, 5) is 30.4. The summed E-state index contributed by atoms with van der Waals surface area (Å²) in [5.74, 6) is -0.712. The number of amides is 1. The van der Waals surface area contributed by atoms with E-state index in [9.17, 15) is 14.7 Å². The first-order chi connectivity index (χ1) is 15.4. The maximum absolute atomic E-state index is 13.0. The smallest absolute Gasteiger partial charge is 0.339 e. The van der Waals surface area contributed by atoms with Gasteiger partial charge in [0.15, 0.2) is 16.7 Å². The number of methoxy groups -OCH3 is 1. The lowest BCUT2D eigenvalue weighted by atomic mass is 10.2. The first-order valence-corrected chi connectivity index (χ1v) is 10.5. The molecule has 2 N–H and O–H groups in total. The van der Waals surface area contributed by atoms with Crippen molar-refractivity contribution >= 4 is 40.6 Å². The molecule has 9 heteroatoms. The molecule has 0 aliphatic carbocycles. The molecule has 2 aromatic carbocycles. The van der Waals surface area contributed by atoms with E-state index in [4.69, 9.17) is 14.6 Å². The van der Waals surface area contributed by atoms with Crippen LogP contribution in [0.4, 0.5) is 5.69 Å². The van der Waals surface area contributed by atoms with Gasteiger partial charge in [-0.25, -0.2) is 9.79 Å². The highest BCUT2D eigenvalue weighted by molar-refractivity contribution is 8.18. The molecule has 166 valence electrons. The highest BCUT2D eigenvalue weighted by Crippen LogP contribution is 2.36. The quantitative estimate of drug-likeness (QED) is 0.452. The van der Waals surface area contributed by atoms with Crippen LogP contribution in [-0.2, 0) is 4.79 Å². The van der Waals surface area contributed by atoms with Gasteiger partial charge in [-0.2, -0.15) is 0 Å². The molecule has 0 unspecified atom stereocenters. The van der Waals surface area contributed by atoms with Gasteiger partial charge in [-0.05, 0) is 54.6 Å². The minimum atomic E-state index is -1.24. The normalized spacial score (nSPS) is 15.9. The van der Waals surface area contributed by atoms with Crippen molar-refractivity contribution in [2.24, 2.45) is 4.99 Å². The molecule has 1 saturated heterocycles. The van der Waals surface area contributed by atoms with Crippen molar-refractivity contribution in [3.63, 3.8) is 0 Å². The lowest BCUT2D eigenvalue weighted by Gasteiger charge is -2.12. The van der Waals surface area contributed by atoms with Crippen molar-refractivity contribution in [2.75, 3.05) is 20.3 Å². The molecule has 0 saturated carbocycles. The summed E-state index contributed by atoms with van der Waals surface area (Å²) in [5.41, 5.74) is 0.849. The summed E-state index contributed by atoms with van der Waals surface area (Å²) in [6.07, 6.45) is 3.32. The molecule has 0 bridgehead atoms. The Balaban J connectivity index is 1.95. The Labute approximate surface area is 189 Å². The summed E-state index contributed by atoms with van der Waals surface area (Å²) in [7, 11) is 1.55. The van der Waals surface area contributed by atoms with E-state index in [-0.39, 0.29) is 18.0 Å². The van der Waals surface area contributed by atoms with Gasteiger partial charge in [-0.1, -0.05) is 12.1 Å². The Morgan fingerprint density at radius 1 is 1.25 bits per heavy atom. The van der Waals surface area contributed by atoms with Crippen LogP contribution >= 0.6 is 11.8 Å². The molecule has 0 spiro atoms. The van der Waals surface area contributed by atoms with Gasteiger partial charge in [0.1, 0.15) is 11.3 Å². The molecule has 1 amide bonds. The Kier molecular flexibility index (Phi) is 7.21. The zero-order valence-electron chi connectivity index (χ0n) is 17.6. The van der Waals surface area contributed by atoms with E-state index in [0.717, 1.165) is 5.56 Å². The zero-order chi connectivity index (χ0) is 23.3. The average Bonchev–Trinajstić information content (AvgIpc) is 3.04. The van der Waals surface area contributed by atoms with E-state index in [1.165, 1.54) is 34.9 Å². The van der Waals surface area contributed by atoms with Crippen molar-refractivity contribution in [2.45, 2.75) is 6.92 Å². The highest BCUT2D eigenvalue weighted by atomic mass is 32.2. The van der Waals surface area contributed by atoms with Crippen LogP contribution < -0.4 is 9.47 Å². The van der Waals surface area contributed by atoms with Crippen LogP contribution in [0.3, 0.4) is 0 Å². The van der Waals surface area contributed by atoms with Gasteiger partial charge in [-0.3, -0.25) is 9.69 Å². The topological polar surface area (TPSA) is 109 Å². The van der Waals surface area contributed by atoms with Crippen molar-refractivity contribution in [3.8, 4) is 17.2 Å². The Bertz CT molecular complexity index is 1130. The van der Waals surface area contributed by atoms with Crippen LogP contribution in [-0.4, -0.2) is 52.4 Å². The number of hydrogen-bond donors (Lipinski definition) is 2. The summed E-state index contributed by atoms with van der Waals surface area (Å²) < 4.78 is 10.9. The van der Waals surface area contributed by atoms with Crippen LogP contribution in [0.2, 0.25) is 0 Å². The molecular weight excluding hydrogens is 432 g/mol. The number of ether oxygens (including phenoxy) is 2. The largest absolute Gasteiger partial charge is 0.507 e. The Hall–Kier alpha value is -3.72. The van der Waals surface area contributed by atoms with Crippen LogP contribution in [0.1, 0.15) is 22.8 Å².